The Bertz CT molecular complexity index is 583. The van der Waals surface area contributed by atoms with Crippen LogP contribution < -0.4 is 10.0 Å². The molecule has 1 aromatic rings. The van der Waals surface area contributed by atoms with E-state index in [1.54, 1.807) is 12.1 Å². The zero-order chi connectivity index (χ0) is 14.6. The summed E-state index contributed by atoms with van der Waals surface area (Å²) in [6, 6.07) is 7.09. The smallest absolute Gasteiger partial charge is 0.241 e. The molecule has 2 N–H and O–H groups in total. The number of rotatable bonds is 7. The highest BCUT2D eigenvalue weighted by molar-refractivity contribution is 7.89. The molecule has 0 radical (unpaired) electrons. The Morgan fingerprint density at radius 2 is 2.00 bits per heavy atom. The first kappa shape index (κ1) is 15.0. The van der Waals surface area contributed by atoms with Crippen LogP contribution in [0.3, 0.4) is 0 Å². The number of terminal acetylenes is 1. The van der Waals surface area contributed by atoms with Crippen LogP contribution in [0.2, 0.25) is 0 Å². The number of nitrogens with one attached hydrogen (secondary N) is 2. The van der Waals surface area contributed by atoms with E-state index in [4.69, 9.17) is 6.42 Å². The van der Waals surface area contributed by atoms with Crippen molar-refractivity contribution in [3.63, 3.8) is 0 Å². The minimum atomic E-state index is -3.53. The first-order chi connectivity index (χ1) is 9.55. The van der Waals surface area contributed by atoms with Crippen LogP contribution in [-0.2, 0) is 16.6 Å². The van der Waals surface area contributed by atoms with Crippen molar-refractivity contribution in [2.24, 2.45) is 0 Å². The van der Waals surface area contributed by atoms with Gasteiger partial charge in [-0.1, -0.05) is 25.0 Å². The number of hydrogen-bond donors (Lipinski definition) is 2. The quantitative estimate of drug-likeness (QED) is 0.751. The monoisotopic (exact) mass is 292 g/mol. The average Bonchev–Trinajstić information content (AvgIpc) is 3.27. The number of hydrogen-bond acceptors (Lipinski definition) is 3. The average molecular weight is 292 g/mol. The molecule has 0 heterocycles. The topological polar surface area (TPSA) is 58.2 Å². The number of sulfonamides is 1. The van der Waals surface area contributed by atoms with Crippen molar-refractivity contribution < 1.29 is 8.42 Å². The molecule has 0 bridgehead atoms. The van der Waals surface area contributed by atoms with Gasteiger partial charge >= 0.3 is 0 Å². The molecule has 0 aliphatic heterocycles. The van der Waals surface area contributed by atoms with Crippen molar-refractivity contribution in [2.75, 3.05) is 0 Å². The van der Waals surface area contributed by atoms with Gasteiger partial charge in [-0.25, -0.2) is 8.42 Å². The maximum atomic E-state index is 12.1. The van der Waals surface area contributed by atoms with Crippen LogP contribution >= 0.6 is 0 Å². The second-order valence-corrected chi connectivity index (χ2v) is 6.76. The lowest BCUT2D eigenvalue weighted by Crippen LogP contribution is -2.33. The van der Waals surface area contributed by atoms with E-state index in [-0.39, 0.29) is 4.90 Å². The summed E-state index contributed by atoms with van der Waals surface area (Å²) in [7, 11) is -3.53. The summed E-state index contributed by atoms with van der Waals surface area (Å²) < 4.78 is 26.8. The van der Waals surface area contributed by atoms with Crippen LogP contribution in [0.1, 0.15) is 31.7 Å². The molecule has 2 rings (SSSR count). The van der Waals surface area contributed by atoms with E-state index in [1.165, 1.54) is 12.8 Å². The summed E-state index contributed by atoms with van der Waals surface area (Å²) in [5.41, 5.74) is 1.08. The molecule has 1 saturated carbocycles. The second kappa shape index (κ2) is 6.40. The molecular formula is C15H20N2O2S. The fourth-order valence-corrected chi connectivity index (χ4v) is 3.07. The van der Waals surface area contributed by atoms with Gasteiger partial charge in [0.1, 0.15) is 0 Å². The summed E-state index contributed by atoms with van der Waals surface area (Å²) in [5, 5.41) is 3.39. The zero-order valence-corrected chi connectivity index (χ0v) is 12.4. The Kier molecular flexibility index (Phi) is 4.81. The molecule has 108 valence electrons. The van der Waals surface area contributed by atoms with Gasteiger partial charge in [0.15, 0.2) is 0 Å². The molecule has 20 heavy (non-hydrogen) atoms. The summed E-state index contributed by atoms with van der Waals surface area (Å²) in [6.07, 6.45) is 8.32. The predicted molar refractivity (Wildman–Crippen MR) is 79.5 cm³/mol. The molecule has 4 nitrogen and oxygen atoms in total. The highest BCUT2D eigenvalue weighted by Gasteiger charge is 2.20. The normalized spacial score (nSPS) is 16.6. The second-order valence-electron chi connectivity index (χ2n) is 5.05. The lowest BCUT2D eigenvalue weighted by Gasteiger charge is -2.12. The minimum Gasteiger partial charge on any atom is -0.310 e. The van der Waals surface area contributed by atoms with E-state index in [1.807, 2.05) is 19.1 Å². The largest absolute Gasteiger partial charge is 0.310 e. The van der Waals surface area contributed by atoms with E-state index in [0.717, 1.165) is 12.1 Å². The van der Waals surface area contributed by atoms with E-state index >= 15 is 0 Å². The van der Waals surface area contributed by atoms with Crippen LogP contribution in [0.4, 0.5) is 0 Å². The first-order valence-electron chi connectivity index (χ1n) is 6.86. The summed E-state index contributed by atoms with van der Waals surface area (Å²) >= 11 is 0. The van der Waals surface area contributed by atoms with Crippen LogP contribution in [0, 0.1) is 12.3 Å². The zero-order valence-electron chi connectivity index (χ0n) is 11.6. The van der Waals surface area contributed by atoms with Crippen LogP contribution in [0.25, 0.3) is 0 Å². The molecule has 0 saturated heterocycles. The van der Waals surface area contributed by atoms with Gasteiger partial charge < -0.3 is 5.32 Å². The number of benzene rings is 1. The van der Waals surface area contributed by atoms with E-state index < -0.39 is 16.1 Å². The molecule has 0 spiro atoms. The van der Waals surface area contributed by atoms with Gasteiger partial charge in [-0.3, -0.25) is 0 Å². The standard InChI is InChI=1S/C15H20N2O2S/c1-3-13(4-2)17-20(18,19)15-9-5-12(6-10-15)11-16-14-7-8-14/h1,5-6,9-10,13-14,16-17H,4,7-8,11H2,2H3. The predicted octanol–water partition coefficient (Wildman–Crippen LogP) is 1.63. The molecule has 5 heteroatoms. The van der Waals surface area contributed by atoms with Crippen LogP contribution in [0.15, 0.2) is 29.2 Å². The third kappa shape index (κ3) is 4.07. The first-order valence-corrected chi connectivity index (χ1v) is 8.34. The fourth-order valence-electron chi connectivity index (χ4n) is 1.83. The molecule has 1 atom stereocenters. The molecule has 1 fully saturated rings. The van der Waals surface area contributed by atoms with Gasteiger partial charge in [0, 0.05) is 12.6 Å². The summed E-state index contributed by atoms with van der Waals surface area (Å²) in [5.74, 6) is 2.43. The Hall–Kier alpha value is -1.35. The van der Waals surface area contributed by atoms with Crippen LogP contribution in [-0.4, -0.2) is 20.5 Å². The highest BCUT2D eigenvalue weighted by Crippen LogP contribution is 2.19. The van der Waals surface area contributed by atoms with Gasteiger partial charge in [-0.15, -0.1) is 6.42 Å². The maximum Gasteiger partial charge on any atom is 0.241 e. The SMILES string of the molecule is C#CC(CC)NS(=O)(=O)c1ccc(CNC2CC2)cc1. The summed E-state index contributed by atoms with van der Waals surface area (Å²) in [6.45, 7) is 2.63. The molecule has 1 aliphatic carbocycles. The van der Waals surface area contributed by atoms with Crippen molar-refractivity contribution in [3.8, 4) is 12.3 Å². The van der Waals surface area contributed by atoms with Gasteiger partial charge in [0.05, 0.1) is 10.9 Å². The van der Waals surface area contributed by atoms with Crippen molar-refractivity contribution >= 4 is 10.0 Å². The van der Waals surface area contributed by atoms with E-state index in [2.05, 4.69) is 16.0 Å². The third-order valence-corrected chi connectivity index (χ3v) is 4.80. The fraction of sp³-hybridized carbons (Fsp3) is 0.467. The Morgan fingerprint density at radius 1 is 1.35 bits per heavy atom. The lowest BCUT2D eigenvalue weighted by atomic mass is 10.2. The molecule has 0 amide bonds. The van der Waals surface area contributed by atoms with Gasteiger partial charge in [-0.2, -0.15) is 4.72 Å². The Morgan fingerprint density at radius 3 is 2.50 bits per heavy atom. The van der Waals surface area contributed by atoms with Crippen molar-refractivity contribution in [2.45, 2.75) is 49.7 Å². The van der Waals surface area contributed by atoms with Crippen molar-refractivity contribution in [1.82, 2.24) is 10.0 Å². The van der Waals surface area contributed by atoms with Crippen LogP contribution in [0.5, 0.6) is 0 Å². The molecule has 1 aromatic carbocycles. The van der Waals surface area contributed by atoms with Crippen molar-refractivity contribution in [1.29, 1.82) is 0 Å². The molecule has 1 unspecified atom stereocenters. The van der Waals surface area contributed by atoms with Gasteiger partial charge in [0.25, 0.3) is 0 Å². The third-order valence-electron chi connectivity index (χ3n) is 3.31. The van der Waals surface area contributed by atoms with Crippen molar-refractivity contribution in [3.05, 3.63) is 29.8 Å². The van der Waals surface area contributed by atoms with Gasteiger partial charge in [-0.05, 0) is 37.0 Å². The van der Waals surface area contributed by atoms with E-state index in [9.17, 15) is 8.42 Å². The minimum absolute atomic E-state index is 0.251. The molecule has 1 aliphatic rings. The Labute approximate surface area is 121 Å². The van der Waals surface area contributed by atoms with Gasteiger partial charge in [0.2, 0.25) is 10.0 Å². The van der Waals surface area contributed by atoms with E-state index in [0.29, 0.717) is 12.5 Å². The molecular weight excluding hydrogens is 272 g/mol. The Balaban J connectivity index is 2.02. The molecule has 0 aromatic heterocycles. The summed E-state index contributed by atoms with van der Waals surface area (Å²) in [4.78, 5) is 0.251. The highest BCUT2D eigenvalue weighted by atomic mass is 32.2. The maximum absolute atomic E-state index is 12.1. The lowest BCUT2D eigenvalue weighted by molar-refractivity contribution is 0.570.